The summed E-state index contributed by atoms with van der Waals surface area (Å²) in [5.41, 5.74) is 0.607. The van der Waals surface area contributed by atoms with Crippen molar-refractivity contribution in [2.24, 2.45) is 0 Å². The Balaban J connectivity index is 0.000000396. The Kier molecular flexibility index (Phi) is 4.24. The lowest BCUT2D eigenvalue weighted by Gasteiger charge is -2.48. The Labute approximate surface area is 83.3 Å². The van der Waals surface area contributed by atoms with Crippen molar-refractivity contribution in [3.63, 3.8) is 0 Å². The van der Waals surface area contributed by atoms with Gasteiger partial charge in [-0.1, -0.05) is 39.5 Å². The molecule has 0 amide bonds. The standard InChI is InChI=1S/C10H19N.C2H6/c1-9-8-10(11-9)6-4-2-3-5-7-10;1-2/h9,11H,2-8H2,1H3;1-2H3. The summed E-state index contributed by atoms with van der Waals surface area (Å²) < 4.78 is 0. The number of hydrogen-bond donors (Lipinski definition) is 1. The monoisotopic (exact) mass is 183 g/mol. The van der Waals surface area contributed by atoms with Crippen LogP contribution in [0.25, 0.3) is 0 Å². The van der Waals surface area contributed by atoms with Gasteiger partial charge < -0.3 is 5.32 Å². The lowest BCUT2D eigenvalue weighted by Crippen LogP contribution is -2.61. The van der Waals surface area contributed by atoms with Gasteiger partial charge in [0, 0.05) is 11.6 Å². The molecule has 1 N–H and O–H groups in total. The SMILES string of the molecule is CC.CC1CC2(CCCCCC2)N1. The molecule has 2 fully saturated rings. The molecule has 1 unspecified atom stereocenters. The Morgan fingerprint density at radius 1 is 1.00 bits per heavy atom. The van der Waals surface area contributed by atoms with Gasteiger partial charge in [0.2, 0.25) is 0 Å². The van der Waals surface area contributed by atoms with Gasteiger partial charge in [-0.05, 0) is 26.2 Å². The zero-order chi connectivity index (χ0) is 9.73. The van der Waals surface area contributed by atoms with Crippen LogP contribution in [-0.4, -0.2) is 11.6 Å². The summed E-state index contributed by atoms with van der Waals surface area (Å²) in [6, 6.07) is 0.799. The molecule has 1 aliphatic heterocycles. The minimum Gasteiger partial charge on any atom is -0.309 e. The smallest absolute Gasteiger partial charge is 0.0198 e. The molecule has 1 aliphatic carbocycles. The zero-order valence-corrected chi connectivity index (χ0v) is 9.53. The first-order valence-corrected chi connectivity index (χ1v) is 6.08. The van der Waals surface area contributed by atoms with E-state index in [1.165, 1.54) is 44.9 Å². The van der Waals surface area contributed by atoms with Crippen LogP contribution in [0.15, 0.2) is 0 Å². The van der Waals surface area contributed by atoms with Crippen LogP contribution in [0.2, 0.25) is 0 Å². The molecule has 78 valence electrons. The second-order valence-corrected chi connectivity index (χ2v) is 4.44. The molecule has 2 aliphatic rings. The maximum absolute atomic E-state index is 3.70. The van der Waals surface area contributed by atoms with Gasteiger partial charge >= 0.3 is 0 Å². The first kappa shape index (κ1) is 11.0. The van der Waals surface area contributed by atoms with Gasteiger partial charge in [0.15, 0.2) is 0 Å². The van der Waals surface area contributed by atoms with E-state index in [1.54, 1.807) is 0 Å². The Morgan fingerprint density at radius 2 is 1.46 bits per heavy atom. The van der Waals surface area contributed by atoms with Crippen molar-refractivity contribution in [2.75, 3.05) is 0 Å². The van der Waals surface area contributed by atoms with Gasteiger partial charge in [-0.2, -0.15) is 0 Å². The molecule has 1 spiro atoms. The molecule has 0 radical (unpaired) electrons. The highest BCUT2D eigenvalue weighted by atomic mass is 15.1. The van der Waals surface area contributed by atoms with Crippen LogP contribution < -0.4 is 5.32 Å². The lowest BCUT2D eigenvalue weighted by molar-refractivity contribution is 0.126. The van der Waals surface area contributed by atoms with E-state index in [0.29, 0.717) is 5.54 Å². The third kappa shape index (κ3) is 2.70. The fraction of sp³-hybridized carbons (Fsp3) is 1.00. The van der Waals surface area contributed by atoms with Crippen LogP contribution in [-0.2, 0) is 0 Å². The molecule has 0 aromatic carbocycles. The van der Waals surface area contributed by atoms with Crippen LogP contribution in [0.1, 0.15) is 65.7 Å². The highest BCUT2D eigenvalue weighted by Gasteiger charge is 2.40. The third-order valence-corrected chi connectivity index (χ3v) is 3.31. The first-order chi connectivity index (χ1) is 6.31. The summed E-state index contributed by atoms with van der Waals surface area (Å²) in [7, 11) is 0. The predicted molar refractivity (Wildman–Crippen MR) is 59.0 cm³/mol. The molecule has 1 heterocycles. The third-order valence-electron chi connectivity index (χ3n) is 3.31. The fourth-order valence-electron chi connectivity index (χ4n) is 2.84. The van der Waals surface area contributed by atoms with Crippen LogP contribution >= 0.6 is 0 Å². The van der Waals surface area contributed by atoms with E-state index in [2.05, 4.69) is 12.2 Å². The molecule has 0 aromatic rings. The molecular formula is C12H25N. The van der Waals surface area contributed by atoms with Crippen molar-refractivity contribution in [2.45, 2.75) is 77.3 Å². The lowest BCUT2D eigenvalue weighted by atomic mass is 9.76. The van der Waals surface area contributed by atoms with Crippen molar-refractivity contribution in [1.82, 2.24) is 5.32 Å². The molecule has 1 saturated heterocycles. The summed E-state index contributed by atoms with van der Waals surface area (Å²) in [6.45, 7) is 6.30. The number of nitrogens with one attached hydrogen (secondary N) is 1. The largest absolute Gasteiger partial charge is 0.309 e. The van der Waals surface area contributed by atoms with Crippen LogP contribution in [0, 0.1) is 0 Å². The second-order valence-electron chi connectivity index (χ2n) is 4.44. The van der Waals surface area contributed by atoms with Crippen LogP contribution in [0.3, 0.4) is 0 Å². The molecule has 1 heteroatoms. The van der Waals surface area contributed by atoms with E-state index in [9.17, 15) is 0 Å². The topological polar surface area (TPSA) is 12.0 Å². The summed E-state index contributed by atoms with van der Waals surface area (Å²) in [5, 5.41) is 3.70. The second kappa shape index (κ2) is 4.99. The maximum atomic E-state index is 3.70. The highest BCUT2D eigenvalue weighted by Crippen LogP contribution is 2.37. The average Bonchev–Trinajstić information content (AvgIpc) is 2.33. The van der Waals surface area contributed by atoms with Gasteiger partial charge in [-0.3, -0.25) is 0 Å². The van der Waals surface area contributed by atoms with Crippen molar-refractivity contribution in [3.05, 3.63) is 0 Å². The Bertz CT molecular complexity index is 126. The molecule has 1 saturated carbocycles. The molecule has 1 nitrogen and oxygen atoms in total. The number of hydrogen-bond acceptors (Lipinski definition) is 1. The minimum absolute atomic E-state index is 0.607. The molecule has 2 rings (SSSR count). The van der Waals surface area contributed by atoms with Crippen LogP contribution in [0.4, 0.5) is 0 Å². The number of rotatable bonds is 0. The summed E-state index contributed by atoms with van der Waals surface area (Å²) in [5.74, 6) is 0. The van der Waals surface area contributed by atoms with Gasteiger partial charge in [0.05, 0.1) is 0 Å². The summed E-state index contributed by atoms with van der Waals surface area (Å²) in [4.78, 5) is 0. The molecule has 13 heavy (non-hydrogen) atoms. The quantitative estimate of drug-likeness (QED) is 0.606. The normalized spacial score (nSPS) is 31.2. The van der Waals surface area contributed by atoms with Crippen molar-refractivity contribution in [1.29, 1.82) is 0 Å². The van der Waals surface area contributed by atoms with Crippen molar-refractivity contribution in [3.8, 4) is 0 Å². The maximum Gasteiger partial charge on any atom is 0.0198 e. The van der Waals surface area contributed by atoms with E-state index < -0.39 is 0 Å². The fourth-order valence-corrected chi connectivity index (χ4v) is 2.84. The summed E-state index contributed by atoms with van der Waals surface area (Å²) in [6.07, 6.45) is 10.2. The predicted octanol–water partition coefficient (Wildman–Crippen LogP) is 3.49. The Morgan fingerprint density at radius 3 is 1.85 bits per heavy atom. The van der Waals surface area contributed by atoms with E-state index >= 15 is 0 Å². The van der Waals surface area contributed by atoms with Crippen molar-refractivity contribution < 1.29 is 0 Å². The molecule has 0 bridgehead atoms. The molecule has 1 atom stereocenters. The van der Waals surface area contributed by atoms with E-state index in [1.807, 2.05) is 13.8 Å². The zero-order valence-electron chi connectivity index (χ0n) is 9.53. The van der Waals surface area contributed by atoms with Gasteiger partial charge in [-0.15, -0.1) is 0 Å². The minimum atomic E-state index is 0.607. The Hall–Kier alpha value is -0.0400. The average molecular weight is 183 g/mol. The van der Waals surface area contributed by atoms with Gasteiger partial charge in [0.25, 0.3) is 0 Å². The first-order valence-electron chi connectivity index (χ1n) is 6.08. The van der Waals surface area contributed by atoms with Gasteiger partial charge in [-0.25, -0.2) is 0 Å². The van der Waals surface area contributed by atoms with Crippen LogP contribution in [0.5, 0.6) is 0 Å². The molecular weight excluding hydrogens is 158 g/mol. The van der Waals surface area contributed by atoms with E-state index in [0.717, 1.165) is 6.04 Å². The highest BCUT2D eigenvalue weighted by molar-refractivity contribution is 5.01. The van der Waals surface area contributed by atoms with Crippen molar-refractivity contribution >= 4 is 0 Å². The molecule has 0 aromatic heterocycles. The van der Waals surface area contributed by atoms with E-state index in [4.69, 9.17) is 0 Å². The van der Waals surface area contributed by atoms with Gasteiger partial charge in [0.1, 0.15) is 0 Å². The van der Waals surface area contributed by atoms with E-state index in [-0.39, 0.29) is 0 Å². The summed E-state index contributed by atoms with van der Waals surface area (Å²) >= 11 is 0.